The summed E-state index contributed by atoms with van der Waals surface area (Å²) in [7, 11) is -3.29. The van der Waals surface area contributed by atoms with Crippen molar-refractivity contribution in [2.24, 2.45) is 0 Å². The Hall–Kier alpha value is -3.63. The first-order valence-electron chi connectivity index (χ1n) is 12.0. The number of halogens is 3. The molecule has 0 fully saturated rings. The number of benzene rings is 3. The van der Waals surface area contributed by atoms with Crippen LogP contribution in [0.4, 0.5) is 13.2 Å². The molecule has 6 nitrogen and oxygen atoms in total. The van der Waals surface area contributed by atoms with Crippen molar-refractivity contribution in [3.8, 4) is 0 Å². The van der Waals surface area contributed by atoms with E-state index in [1.807, 2.05) is 10.6 Å². The van der Waals surface area contributed by atoms with Crippen molar-refractivity contribution in [1.82, 2.24) is 9.88 Å². The molecule has 10 heteroatoms. The Balaban J connectivity index is 1.51. The Kier molecular flexibility index (Phi) is 7.94. The zero-order valence-electron chi connectivity index (χ0n) is 20.6. The third-order valence-corrected chi connectivity index (χ3v) is 8.11. The fourth-order valence-corrected chi connectivity index (χ4v) is 5.15. The van der Waals surface area contributed by atoms with Gasteiger partial charge >= 0.3 is 6.18 Å². The van der Waals surface area contributed by atoms with Crippen LogP contribution in [0.1, 0.15) is 39.7 Å². The average molecular weight is 545 g/mol. The molecule has 0 aliphatic carbocycles. The van der Waals surface area contributed by atoms with Gasteiger partial charge in [-0.15, -0.1) is 0 Å². The molecule has 1 heterocycles. The summed E-state index contributed by atoms with van der Waals surface area (Å²) in [5.41, 5.74) is 2.75. The van der Waals surface area contributed by atoms with Gasteiger partial charge in [0.05, 0.1) is 22.8 Å². The maximum atomic E-state index is 12.9. The Morgan fingerprint density at radius 1 is 0.947 bits per heavy atom. The normalized spacial score (nSPS) is 12.1. The lowest BCUT2D eigenvalue weighted by Gasteiger charge is -2.11. The van der Waals surface area contributed by atoms with Gasteiger partial charge in [0.2, 0.25) is 0 Å². The highest BCUT2D eigenvalue weighted by Gasteiger charge is 2.30. The predicted octanol–water partition coefficient (Wildman–Crippen LogP) is 4.97. The summed E-state index contributed by atoms with van der Waals surface area (Å²) in [5.74, 6) is -0.297. The summed E-state index contributed by atoms with van der Waals surface area (Å²) in [6, 6.07) is 18.4. The number of carbonyl (C=O) groups is 1. The second-order valence-electron chi connectivity index (χ2n) is 8.89. The van der Waals surface area contributed by atoms with Crippen molar-refractivity contribution in [3.05, 3.63) is 101 Å². The van der Waals surface area contributed by atoms with Crippen LogP contribution in [0.3, 0.4) is 0 Å². The Labute approximate surface area is 218 Å². The Morgan fingerprint density at radius 3 is 2.21 bits per heavy atom. The quantitative estimate of drug-likeness (QED) is 0.312. The third kappa shape index (κ3) is 6.08. The molecule has 0 unspecified atom stereocenters. The number of aromatic nitrogens is 1. The lowest BCUT2D eigenvalue weighted by Crippen LogP contribution is -2.22. The van der Waals surface area contributed by atoms with Gasteiger partial charge in [-0.05, 0) is 59.7 Å². The average Bonchev–Trinajstić information content (AvgIpc) is 3.23. The molecule has 4 rings (SSSR count). The van der Waals surface area contributed by atoms with Crippen LogP contribution >= 0.6 is 0 Å². The van der Waals surface area contributed by atoms with Gasteiger partial charge in [-0.25, -0.2) is 8.42 Å². The molecule has 0 radical (unpaired) electrons. The first kappa shape index (κ1) is 27.4. The van der Waals surface area contributed by atoms with E-state index in [1.165, 1.54) is 24.3 Å². The van der Waals surface area contributed by atoms with Crippen LogP contribution < -0.4 is 5.32 Å². The molecule has 0 saturated heterocycles. The van der Waals surface area contributed by atoms with E-state index < -0.39 is 21.6 Å². The van der Waals surface area contributed by atoms with Crippen LogP contribution in [-0.4, -0.2) is 36.4 Å². The van der Waals surface area contributed by atoms with Crippen molar-refractivity contribution in [3.63, 3.8) is 0 Å². The first-order chi connectivity index (χ1) is 18.0. The summed E-state index contributed by atoms with van der Waals surface area (Å²) in [6.07, 6.45) is -4.04. The van der Waals surface area contributed by atoms with E-state index in [0.29, 0.717) is 24.1 Å². The monoisotopic (exact) mass is 544 g/mol. The molecular weight excluding hydrogens is 517 g/mol. The zero-order valence-corrected chi connectivity index (χ0v) is 21.4. The molecule has 0 aliphatic rings. The fraction of sp³-hybridized carbons (Fsp3) is 0.250. The SMILES string of the molecule is CCS(=O)(=O)c1ccc(CNC(=O)c2ccc3c(c2)cc(Cc2ccc(C(F)(F)F)cc2)n3CCO)cc1. The number of hydrogen-bond donors (Lipinski definition) is 2. The van der Waals surface area contributed by atoms with Gasteiger partial charge in [-0.2, -0.15) is 13.2 Å². The molecule has 200 valence electrons. The molecule has 2 N–H and O–H groups in total. The van der Waals surface area contributed by atoms with Crippen LogP contribution in [0, 0.1) is 0 Å². The first-order valence-corrected chi connectivity index (χ1v) is 13.7. The summed E-state index contributed by atoms with van der Waals surface area (Å²) < 4.78 is 64.5. The van der Waals surface area contributed by atoms with Gasteiger partial charge < -0.3 is 15.0 Å². The minimum Gasteiger partial charge on any atom is -0.395 e. The van der Waals surface area contributed by atoms with E-state index in [9.17, 15) is 31.5 Å². The van der Waals surface area contributed by atoms with Gasteiger partial charge in [-0.3, -0.25) is 4.79 Å². The van der Waals surface area contributed by atoms with E-state index in [2.05, 4.69) is 5.32 Å². The van der Waals surface area contributed by atoms with Gasteiger partial charge in [0.1, 0.15) is 0 Å². The number of fused-ring (bicyclic) bond motifs is 1. The van der Waals surface area contributed by atoms with Crippen LogP contribution in [-0.2, 0) is 35.5 Å². The molecule has 0 spiro atoms. The number of rotatable bonds is 9. The summed E-state index contributed by atoms with van der Waals surface area (Å²) in [6.45, 7) is 1.98. The predicted molar refractivity (Wildman–Crippen MR) is 139 cm³/mol. The second kappa shape index (κ2) is 11.0. The van der Waals surface area contributed by atoms with E-state index in [4.69, 9.17) is 0 Å². The molecule has 0 saturated carbocycles. The van der Waals surface area contributed by atoms with Crippen LogP contribution in [0.5, 0.6) is 0 Å². The van der Waals surface area contributed by atoms with Gasteiger partial charge in [0.15, 0.2) is 9.84 Å². The van der Waals surface area contributed by atoms with Crippen molar-refractivity contribution in [2.75, 3.05) is 12.4 Å². The number of nitrogens with one attached hydrogen (secondary N) is 1. The lowest BCUT2D eigenvalue weighted by atomic mass is 10.1. The van der Waals surface area contributed by atoms with E-state index in [1.54, 1.807) is 37.3 Å². The minimum atomic E-state index is -4.40. The summed E-state index contributed by atoms with van der Waals surface area (Å²) in [5, 5.41) is 13.2. The summed E-state index contributed by atoms with van der Waals surface area (Å²) in [4.78, 5) is 13.0. The number of hydrogen-bond acceptors (Lipinski definition) is 4. The van der Waals surface area contributed by atoms with Gasteiger partial charge in [-0.1, -0.05) is 31.2 Å². The van der Waals surface area contributed by atoms with Crippen molar-refractivity contribution >= 4 is 26.6 Å². The van der Waals surface area contributed by atoms with Crippen LogP contribution in [0.2, 0.25) is 0 Å². The molecule has 1 amide bonds. The van der Waals surface area contributed by atoms with E-state index in [0.717, 1.165) is 34.3 Å². The number of nitrogens with zero attached hydrogens (tertiary/aromatic N) is 1. The molecule has 1 aromatic heterocycles. The number of aliphatic hydroxyl groups is 1. The largest absolute Gasteiger partial charge is 0.416 e. The fourth-order valence-electron chi connectivity index (χ4n) is 4.27. The second-order valence-corrected chi connectivity index (χ2v) is 11.2. The topological polar surface area (TPSA) is 88.4 Å². The van der Waals surface area contributed by atoms with Crippen LogP contribution in [0.15, 0.2) is 77.7 Å². The molecule has 0 bridgehead atoms. The van der Waals surface area contributed by atoms with Crippen molar-refractivity contribution in [1.29, 1.82) is 0 Å². The molecule has 4 aromatic rings. The number of carbonyl (C=O) groups excluding carboxylic acids is 1. The third-order valence-electron chi connectivity index (χ3n) is 6.36. The highest BCUT2D eigenvalue weighted by Crippen LogP contribution is 2.30. The van der Waals surface area contributed by atoms with Crippen molar-refractivity contribution < 1.29 is 31.5 Å². The Morgan fingerprint density at radius 2 is 1.61 bits per heavy atom. The number of sulfone groups is 1. The van der Waals surface area contributed by atoms with Gasteiger partial charge in [0.25, 0.3) is 5.91 Å². The number of aliphatic hydroxyl groups excluding tert-OH is 1. The Bertz CT molecular complexity index is 1540. The molecule has 0 aliphatic heterocycles. The van der Waals surface area contributed by atoms with Crippen LogP contribution in [0.25, 0.3) is 10.9 Å². The standard InChI is InChI=1S/C28H27F3N2O4S/c1-2-38(36,37)25-10-5-20(6-11-25)18-32-27(35)21-7-12-26-22(16-21)17-24(33(26)13-14-34)15-19-3-8-23(9-4-19)28(29,30)31/h3-12,16-17,34H,2,13-15,18H2,1H3,(H,32,35). The maximum Gasteiger partial charge on any atom is 0.416 e. The molecular formula is C28H27F3N2O4S. The minimum absolute atomic E-state index is 0.0116. The highest BCUT2D eigenvalue weighted by atomic mass is 32.2. The molecule has 3 aromatic carbocycles. The summed E-state index contributed by atoms with van der Waals surface area (Å²) >= 11 is 0. The smallest absolute Gasteiger partial charge is 0.395 e. The van der Waals surface area contributed by atoms with Gasteiger partial charge in [0, 0.05) is 41.7 Å². The lowest BCUT2D eigenvalue weighted by molar-refractivity contribution is -0.137. The zero-order chi connectivity index (χ0) is 27.5. The van der Waals surface area contributed by atoms with Crippen molar-refractivity contribution in [2.45, 2.75) is 37.5 Å². The van der Waals surface area contributed by atoms with E-state index in [-0.39, 0.29) is 29.7 Å². The number of alkyl halides is 3. The number of amides is 1. The highest BCUT2D eigenvalue weighted by molar-refractivity contribution is 7.91. The molecule has 0 atom stereocenters. The maximum absolute atomic E-state index is 12.9. The molecule has 38 heavy (non-hydrogen) atoms. The van der Waals surface area contributed by atoms with E-state index >= 15 is 0 Å².